The molecule has 23 heavy (non-hydrogen) atoms. The molecule has 1 amide bonds. The van der Waals surface area contributed by atoms with Crippen LogP contribution in [0.15, 0.2) is 29.3 Å². The first-order valence-corrected chi connectivity index (χ1v) is 7.60. The first kappa shape index (κ1) is 19.7. The average Bonchev–Trinajstić information content (AvgIpc) is 3.08. The highest BCUT2D eigenvalue weighted by Gasteiger charge is 2.15. The van der Waals surface area contributed by atoms with Crippen molar-refractivity contribution in [3.8, 4) is 0 Å². The minimum atomic E-state index is -0.0754. The second-order valence-corrected chi connectivity index (χ2v) is 5.22. The van der Waals surface area contributed by atoms with Gasteiger partial charge in [-0.1, -0.05) is 12.1 Å². The normalized spacial score (nSPS) is 17.3. The minimum Gasteiger partial charge on any atom is -0.376 e. The van der Waals surface area contributed by atoms with Gasteiger partial charge in [-0.15, -0.1) is 24.0 Å². The summed E-state index contributed by atoms with van der Waals surface area (Å²) in [6.45, 7) is 2.28. The van der Waals surface area contributed by atoms with Crippen molar-refractivity contribution >= 4 is 35.8 Å². The molecule has 0 bridgehead atoms. The smallest absolute Gasteiger partial charge is 0.251 e. The second-order valence-electron chi connectivity index (χ2n) is 5.22. The van der Waals surface area contributed by atoms with Crippen LogP contribution in [0.2, 0.25) is 0 Å². The van der Waals surface area contributed by atoms with E-state index in [-0.39, 0.29) is 36.0 Å². The summed E-state index contributed by atoms with van der Waals surface area (Å²) in [5, 5.41) is 9.13. The van der Waals surface area contributed by atoms with Crippen LogP contribution in [0.25, 0.3) is 0 Å². The molecule has 0 saturated carbocycles. The van der Waals surface area contributed by atoms with Gasteiger partial charge in [0.2, 0.25) is 0 Å². The molecule has 2 rings (SSSR count). The molecular formula is C16H25IN4O2. The van der Waals surface area contributed by atoms with Gasteiger partial charge in [0.1, 0.15) is 0 Å². The lowest BCUT2D eigenvalue weighted by atomic mass is 10.1. The van der Waals surface area contributed by atoms with Crippen LogP contribution in [0.4, 0.5) is 0 Å². The van der Waals surface area contributed by atoms with Crippen LogP contribution < -0.4 is 16.0 Å². The van der Waals surface area contributed by atoms with Crippen molar-refractivity contribution in [3.63, 3.8) is 0 Å². The molecular weight excluding hydrogens is 407 g/mol. The van der Waals surface area contributed by atoms with Crippen LogP contribution in [0.3, 0.4) is 0 Å². The summed E-state index contributed by atoms with van der Waals surface area (Å²) in [6.07, 6.45) is 2.52. The number of guanidine groups is 1. The molecule has 6 nitrogen and oxygen atoms in total. The van der Waals surface area contributed by atoms with E-state index < -0.39 is 0 Å². The number of nitrogens with zero attached hydrogens (tertiary/aromatic N) is 1. The van der Waals surface area contributed by atoms with Gasteiger partial charge in [-0.05, 0) is 30.5 Å². The number of hydrogen-bond donors (Lipinski definition) is 3. The molecule has 0 aromatic heterocycles. The number of aliphatic imine (C=N–C) groups is 1. The fraction of sp³-hybridized carbons (Fsp3) is 0.500. The molecule has 0 aliphatic carbocycles. The molecule has 1 atom stereocenters. The molecule has 1 heterocycles. The van der Waals surface area contributed by atoms with E-state index >= 15 is 0 Å². The number of benzene rings is 1. The molecule has 1 aliphatic heterocycles. The second kappa shape index (κ2) is 10.4. The first-order chi connectivity index (χ1) is 10.7. The van der Waals surface area contributed by atoms with Crippen molar-refractivity contribution < 1.29 is 9.53 Å². The zero-order chi connectivity index (χ0) is 15.8. The third-order valence-corrected chi connectivity index (χ3v) is 3.65. The third-order valence-electron chi connectivity index (χ3n) is 3.65. The predicted octanol–water partition coefficient (Wildman–Crippen LogP) is 1.51. The van der Waals surface area contributed by atoms with Crippen molar-refractivity contribution in [1.82, 2.24) is 16.0 Å². The Morgan fingerprint density at radius 3 is 2.61 bits per heavy atom. The molecule has 1 aromatic rings. The molecule has 3 N–H and O–H groups in total. The maximum atomic E-state index is 11.5. The molecule has 128 valence electrons. The van der Waals surface area contributed by atoms with Crippen molar-refractivity contribution in [1.29, 1.82) is 0 Å². The SMILES string of the molecule is CN=C(NCc1ccc(C(=O)NC)cc1)NCC1CCCO1.I. The van der Waals surface area contributed by atoms with E-state index in [0.717, 1.165) is 37.5 Å². The average molecular weight is 432 g/mol. The van der Waals surface area contributed by atoms with Crippen molar-refractivity contribution in [2.45, 2.75) is 25.5 Å². The van der Waals surface area contributed by atoms with Crippen molar-refractivity contribution in [3.05, 3.63) is 35.4 Å². The van der Waals surface area contributed by atoms with Crippen LogP contribution in [0, 0.1) is 0 Å². The highest BCUT2D eigenvalue weighted by Crippen LogP contribution is 2.10. The summed E-state index contributed by atoms with van der Waals surface area (Å²) in [7, 11) is 3.38. The molecule has 1 unspecified atom stereocenters. The fourth-order valence-corrected chi connectivity index (χ4v) is 2.34. The third kappa shape index (κ3) is 6.34. The van der Waals surface area contributed by atoms with Gasteiger partial charge in [0, 0.05) is 39.4 Å². The highest BCUT2D eigenvalue weighted by atomic mass is 127. The van der Waals surface area contributed by atoms with Gasteiger partial charge < -0.3 is 20.7 Å². The predicted molar refractivity (Wildman–Crippen MR) is 102 cm³/mol. The number of carbonyl (C=O) groups is 1. The van der Waals surface area contributed by atoms with Gasteiger partial charge in [-0.25, -0.2) is 0 Å². The Hall–Kier alpha value is -1.35. The van der Waals surface area contributed by atoms with Gasteiger partial charge >= 0.3 is 0 Å². The van der Waals surface area contributed by atoms with E-state index in [1.54, 1.807) is 14.1 Å². The van der Waals surface area contributed by atoms with E-state index in [1.165, 1.54) is 0 Å². The Morgan fingerprint density at radius 1 is 1.30 bits per heavy atom. The lowest BCUT2D eigenvalue weighted by Gasteiger charge is -2.15. The van der Waals surface area contributed by atoms with Crippen LogP contribution in [-0.2, 0) is 11.3 Å². The van der Waals surface area contributed by atoms with Crippen LogP contribution in [-0.4, -0.2) is 45.2 Å². The van der Waals surface area contributed by atoms with Gasteiger partial charge in [0.15, 0.2) is 5.96 Å². The van der Waals surface area contributed by atoms with Crippen LogP contribution in [0.5, 0.6) is 0 Å². The summed E-state index contributed by atoms with van der Waals surface area (Å²) >= 11 is 0. The maximum Gasteiger partial charge on any atom is 0.251 e. The first-order valence-electron chi connectivity index (χ1n) is 7.60. The quantitative estimate of drug-likeness (QED) is 0.375. The largest absolute Gasteiger partial charge is 0.376 e. The summed E-state index contributed by atoms with van der Waals surface area (Å²) < 4.78 is 5.57. The lowest BCUT2D eigenvalue weighted by molar-refractivity contribution is 0.0963. The van der Waals surface area contributed by atoms with Gasteiger partial charge in [0.05, 0.1) is 6.10 Å². The number of carbonyl (C=O) groups excluding carboxylic acids is 1. The van der Waals surface area contributed by atoms with Crippen molar-refractivity contribution in [2.24, 2.45) is 4.99 Å². The Labute approximate surface area is 154 Å². The number of halogens is 1. The number of amides is 1. The minimum absolute atomic E-state index is 0. The maximum absolute atomic E-state index is 11.5. The molecule has 0 radical (unpaired) electrons. The molecule has 1 fully saturated rings. The zero-order valence-electron chi connectivity index (χ0n) is 13.6. The van der Waals surface area contributed by atoms with E-state index in [0.29, 0.717) is 12.1 Å². The van der Waals surface area contributed by atoms with E-state index in [2.05, 4.69) is 20.9 Å². The molecule has 1 saturated heterocycles. The molecule has 1 aliphatic rings. The number of rotatable bonds is 5. The zero-order valence-corrected chi connectivity index (χ0v) is 15.9. The number of ether oxygens (including phenoxy) is 1. The van der Waals surface area contributed by atoms with E-state index in [1.807, 2.05) is 24.3 Å². The monoisotopic (exact) mass is 432 g/mol. The molecule has 7 heteroatoms. The Kier molecular flexibility index (Phi) is 8.93. The van der Waals surface area contributed by atoms with Gasteiger partial charge in [-0.2, -0.15) is 0 Å². The van der Waals surface area contributed by atoms with E-state index in [4.69, 9.17) is 4.74 Å². The Balaban J connectivity index is 0.00000264. The summed E-state index contributed by atoms with van der Waals surface area (Å²) in [6, 6.07) is 7.51. The van der Waals surface area contributed by atoms with Crippen LogP contribution in [0.1, 0.15) is 28.8 Å². The fourth-order valence-electron chi connectivity index (χ4n) is 2.34. The molecule has 0 spiro atoms. The highest BCUT2D eigenvalue weighted by molar-refractivity contribution is 14.0. The van der Waals surface area contributed by atoms with Gasteiger partial charge in [0.25, 0.3) is 5.91 Å². The van der Waals surface area contributed by atoms with Gasteiger partial charge in [-0.3, -0.25) is 9.79 Å². The van der Waals surface area contributed by atoms with Crippen LogP contribution >= 0.6 is 24.0 Å². The summed E-state index contributed by atoms with van der Waals surface area (Å²) in [5.41, 5.74) is 1.75. The van der Waals surface area contributed by atoms with Crippen molar-refractivity contribution in [2.75, 3.05) is 27.2 Å². The van der Waals surface area contributed by atoms with E-state index in [9.17, 15) is 4.79 Å². The summed E-state index contributed by atoms with van der Waals surface area (Å²) in [5.74, 6) is 0.680. The topological polar surface area (TPSA) is 74.8 Å². The molecule has 1 aromatic carbocycles. The Bertz CT molecular complexity index is 513. The Morgan fingerprint density at radius 2 is 2.04 bits per heavy atom. The standard InChI is InChI=1S/C16H24N4O2.HI/c1-17-15(21)13-7-5-12(6-8-13)10-19-16(18-2)20-11-14-4-3-9-22-14;/h5-8,14H,3-4,9-11H2,1-2H3,(H,17,21)(H2,18,19,20);1H. The lowest BCUT2D eigenvalue weighted by Crippen LogP contribution is -2.40. The number of nitrogens with one attached hydrogen (secondary N) is 3. The number of hydrogen-bond acceptors (Lipinski definition) is 3. The summed E-state index contributed by atoms with van der Waals surface area (Å²) in [4.78, 5) is 15.7.